The van der Waals surface area contributed by atoms with Crippen LogP contribution in [0.2, 0.25) is 0 Å². The Morgan fingerprint density at radius 3 is 2.33 bits per heavy atom. The van der Waals surface area contributed by atoms with Crippen molar-refractivity contribution in [3.05, 3.63) is 83.9 Å². The zero-order valence-corrected chi connectivity index (χ0v) is 23.9. The fourth-order valence-corrected chi connectivity index (χ4v) is 4.15. The molecule has 0 bridgehead atoms. The van der Waals surface area contributed by atoms with Crippen molar-refractivity contribution < 1.29 is 22.7 Å². The fraction of sp³-hybridized carbons (Fsp3) is 0.241. The zero-order chi connectivity index (χ0) is 30.3. The summed E-state index contributed by atoms with van der Waals surface area (Å²) < 4.78 is 42.9. The molecule has 1 aromatic heterocycles. The summed E-state index contributed by atoms with van der Waals surface area (Å²) in [5, 5.41) is 10.8. The van der Waals surface area contributed by atoms with E-state index in [2.05, 4.69) is 56.2 Å². The van der Waals surface area contributed by atoms with Crippen LogP contribution in [0.1, 0.15) is 44.2 Å². The van der Waals surface area contributed by atoms with E-state index in [9.17, 15) is 18.0 Å². The number of aromatic nitrogens is 3. The average Bonchev–Trinajstić information content (AvgIpc) is 3.36. The van der Waals surface area contributed by atoms with Gasteiger partial charge in [0.2, 0.25) is 11.9 Å². The van der Waals surface area contributed by atoms with Crippen molar-refractivity contribution >= 4 is 34.9 Å². The van der Waals surface area contributed by atoms with Gasteiger partial charge in [-0.2, -0.15) is 9.67 Å². The van der Waals surface area contributed by atoms with Crippen LogP contribution in [-0.2, 0) is 11.3 Å². The number of thiocarbonyl (C=S) groups is 1. The smallest absolute Gasteiger partial charge is 0.406 e. The summed E-state index contributed by atoms with van der Waals surface area (Å²) in [6.45, 7) is 6.40. The first-order valence-electron chi connectivity index (χ1n) is 13.1. The largest absolute Gasteiger partial charge is 0.573 e. The summed E-state index contributed by atoms with van der Waals surface area (Å²) >= 11 is 5.42. The van der Waals surface area contributed by atoms with Gasteiger partial charge < -0.3 is 10.1 Å². The van der Waals surface area contributed by atoms with Crippen molar-refractivity contribution in [3.8, 4) is 22.8 Å². The van der Waals surface area contributed by atoms with E-state index in [1.807, 2.05) is 42.5 Å². The number of benzene rings is 3. The van der Waals surface area contributed by atoms with Gasteiger partial charge in [-0.05, 0) is 59.6 Å². The van der Waals surface area contributed by atoms with Gasteiger partial charge in [0.1, 0.15) is 5.75 Å². The molecule has 0 aliphatic rings. The molecule has 9 nitrogen and oxygen atoms in total. The topological polar surface area (TPSA) is 105 Å². The first-order valence-corrected chi connectivity index (χ1v) is 13.5. The van der Waals surface area contributed by atoms with Crippen LogP contribution in [0.3, 0.4) is 0 Å². The molecule has 0 radical (unpaired) electrons. The van der Waals surface area contributed by atoms with Crippen molar-refractivity contribution in [1.82, 2.24) is 25.6 Å². The standard InChI is InChI=1S/C29H30F3N7O2S/c1-4-25(40)35-27-36-26(38-39(27)21-13-15-22(16-14-21)41-29(30,31)32)20-11-9-19(10-12-20)17-33-37-28(42)34-24-8-6-5-7-23(24)18(2)3/h5-16,18,33H,4,17H2,1-3H3,(H2,34,37,42)(H,35,36,38,40). The van der Waals surface area contributed by atoms with Crippen LogP contribution in [0.4, 0.5) is 24.8 Å². The highest BCUT2D eigenvalue weighted by molar-refractivity contribution is 7.80. The second kappa shape index (κ2) is 13.4. The van der Waals surface area contributed by atoms with Crippen LogP contribution in [0, 0.1) is 0 Å². The molecule has 1 amide bonds. The van der Waals surface area contributed by atoms with Crippen molar-refractivity contribution in [2.45, 2.75) is 46.0 Å². The van der Waals surface area contributed by atoms with E-state index < -0.39 is 6.36 Å². The maximum absolute atomic E-state index is 12.5. The molecule has 4 aromatic rings. The van der Waals surface area contributed by atoms with Gasteiger partial charge in [0, 0.05) is 24.2 Å². The van der Waals surface area contributed by atoms with Gasteiger partial charge in [0.15, 0.2) is 10.9 Å². The quantitative estimate of drug-likeness (QED) is 0.125. The lowest BCUT2D eigenvalue weighted by Crippen LogP contribution is -2.39. The van der Waals surface area contributed by atoms with E-state index in [1.165, 1.54) is 16.8 Å². The number of hydrogen-bond donors (Lipinski definition) is 4. The third kappa shape index (κ3) is 8.27. The molecule has 4 N–H and O–H groups in total. The van der Waals surface area contributed by atoms with Crippen molar-refractivity contribution in [2.24, 2.45) is 0 Å². The van der Waals surface area contributed by atoms with E-state index in [0.29, 0.717) is 34.7 Å². The predicted molar refractivity (Wildman–Crippen MR) is 159 cm³/mol. The third-order valence-corrected chi connectivity index (χ3v) is 6.24. The lowest BCUT2D eigenvalue weighted by molar-refractivity contribution is -0.274. The molecular weight excluding hydrogens is 567 g/mol. The van der Waals surface area contributed by atoms with Gasteiger partial charge in [-0.3, -0.25) is 15.5 Å². The van der Waals surface area contributed by atoms with Crippen LogP contribution in [0.5, 0.6) is 5.75 Å². The van der Waals surface area contributed by atoms with Crippen molar-refractivity contribution in [2.75, 3.05) is 10.6 Å². The highest BCUT2D eigenvalue weighted by Gasteiger charge is 2.31. The Hall–Kier alpha value is -4.49. The molecule has 0 aliphatic carbocycles. The summed E-state index contributed by atoms with van der Waals surface area (Å²) in [7, 11) is 0. The minimum absolute atomic E-state index is 0.135. The second-order valence-corrected chi connectivity index (χ2v) is 9.89. The number of hydrogen-bond acceptors (Lipinski definition) is 6. The molecule has 0 aliphatic heterocycles. The van der Waals surface area contributed by atoms with Gasteiger partial charge in [0.25, 0.3) is 0 Å². The summed E-state index contributed by atoms with van der Waals surface area (Å²) in [4.78, 5) is 16.6. The first-order chi connectivity index (χ1) is 20.0. The second-order valence-electron chi connectivity index (χ2n) is 9.49. The highest BCUT2D eigenvalue weighted by Crippen LogP contribution is 2.26. The molecule has 220 valence electrons. The predicted octanol–water partition coefficient (Wildman–Crippen LogP) is 6.30. The van der Waals surface area contributed by atoms with Crippen LogP contribution in [-0.4, -0.2) is 32.1 Å². The lowest BCUT2D eigenvalue weighted by Gasteiger charge is -2.16. The SMILES string of the molecule is CCC(=O)Nc1nc(-c2ccc(CNNC(=S)Nc3ccccc3C(C)C)cc2)nn1-c1ccc(OC(F)(F)F)cc1. The molecule has 42 heavy (non-hydrogen) atoms. The highest BCUT2D eigenvalue weighted by atomic mass is 32.1. The van der Waals surface area contributed by atoms with Crippen LogP contribution in [0.25, 0.3) is 17.1 Å². The van der Waals surface area contributed by atoms with E-state index in [4.69, 9.17) is 12.2 Å². The molecule has 0 unspecified atom stereocenters. The van der Waals surface area contributed by atoms with Crippen LogP contribution < -0.4 is 26.2 Å². The number of nitrogens with zero attached hydrogens (tertiary/aromatic N) is 3. The summed E-state index contributed by atoms with van der Waals surface area (Å²) in [6, 6.07) is 20.5. The summed E-state index contributed by atoms with van der Waals surface area (Å²) in [5.41, 5.74) is 10.2. The Kier molecular flexibility index (Phi) is 9.76. The first kappa shape index (κ1) is 30.5. The number of ether oxygens (including phenoxy) is 1. The molecule has 1 heterocycles. The number of para-hydroxylation sites is 1. The van der Waals surface area contributed by atoms with Gasteiger partial charge in [-0.1, -0.05) is 63.2 Å². The Labute approximate surface area is 246 Å². The molecule has 0 saturated carbocycles. The number of nitrogens with one attached hydrogen (secondary N) is 4. The lowest BCUT2D eigenvalue weighted by atomic mass is 10.0. The molecule has 0 spiro atoms. The van der Waals surface area contributed by atoms with Crippen molar-refractivity contribution in [3.63, 3.8) is 0 Å². The minimum Gasteiger partial charge on any atom is -0.406 e. The number of anilines is 2. The summed E-state index contributed by atoms with van der Waals surface area (Å²) in [5.74, 6) is 0.143. The molecular formula is C29H30F3N7O2S. The Morgan fingerprint density at radius 2 is 1.69 bits per heavy atom. The van der Waals surface area contributed by atoms with Crippen molar-refractivity contribution in [1.29, 1.82) is 0 Å². The molecule has 3 aromatic carbocycles. The van der Waals surface area contributed by atoms with Crippen LogP contribution >= 0.6 is 12.2 Å². The molecule has 0 atom stereocenters. The number of carbonyl (C=O) groups excluding carboxylic acids is 1. The van der Waals surface area contributed by atoms with Gasteiger partial charge in [-0.15, -0.1) is 18.3 Å². The zero-order valence-electron chi connectivity index (χ0n) is 23.1. The van der Waals surface area contributed by atoms with E-state index in [1.54, 1.807) is 6.92 Å². The third-order valence-electron chi connectivity index (χ3n) is 6.03. The number of alkyl halides is 3. The normalized spacial score (nSPS) is 11.3. The number of carbonyl (C=O) groups is 1. The Bertz CT molecular complexity index is 1520. The average molecular weight is 598 g/mol. The molecule has 4 rings (SSSR count). The van der Waals surface area contributed by atoms with Gasteiger partial charge in [0.05, 0.1) is 5.69 Å². The maximum Gasteiger partial charge on any atom is 0.573 e. The monoisotopic (exact) mass is 597 g/mol. The van der Waals surface area contributed by atoms with E-state index in [0.717, 1.165) is 28.9 Å². The fourth-order valence-electron chi connectivity index (χ4n) is 3.96. The number of amides is 1. The van der Waals surface area contributed by atoms with E-state index in [-0.39, 0.29) is 24.0 Å². The van der Waals surface area contributed by atoms with Crippen LogP contribution in [0.15, 0.2) is 72.8 Å². The van der Waals surface area contributed by atoms with Gasteiger partial charge >= 0.3 is 6.36 Å². The minimum atomic E-state index is -4.80. The summed E-state index contributed by atoms with van der Waals surface area (Å²) in [6.07, 6.45) is -4.60. The Balaban J connectivity index is 1.42. The number of hydrazine groups is 1. The molecule has 0 saturated heterocycles. The maximum atomic E-state index is 12.5. The van der Waals surface area contributed by atoms with Gasteiger partial charge in [-0.25, -0.2) is 5.43 Å². The molecule has 0 fully saturated rings. The molecule has 13 heteroatoms. The number of halogens is 3. The number of rotatable bonds is 10. The Morgan fingerprint density at radius 1 is 1.00 bits per heavy atom. The van der Waals surface area contributed by atoms with E-state index >= 15 is 0 Å².